The molecule has 186 valence electrons. The molecule has 0 spiro atoms. The van der Waals surface area contributed by atoms with Gasteiger partial charge in [0.1, 0.15) is 5.01 Å². The Hall–Kier alpha value is -3.30. The van der Waals surface area contributed by atoms with Gasteiger partial charge in [-0.05, 0) is 42.8 Å². The number of rotatable bonds is 7. The molecule has 0 fully saturated rings. The third-order valence-electron chi connectivity index (χ3n) is 5.53. The molecule has 37 heavy (non-hydrogen) atoms. The van der Waals surface area contributed by atoms with Crippen LogP contribution in [0.25, 0.3) is 32.0 Å². The van der Waals surface area contributed by atoms with Crippen molar-refractivity contribution < 1.29 is 14.3 Å². The van der Waals surface area contributed by atoms with E-state index in [0.29, 0.717) is 49.0 Å². The summed E-state index contributed by atoms with van der Waals surface area (Å²) in [5.74, 6) is -1.05. The van der Waals surface area contributed by atoms with Crippen LogP contribution in [0.5, 0.6) is 0 Å². The Balaban J connectivity index is 1.32. The number of halogens is 2. The Bertz CT molecular complexity index is 1580. The Labute approximate surface area is 230 Å². The van der Waals surface area contributed by atoms with Gasteiger partial charge in [0.15, 0.2) is 11.2 Å². The smallest absolute Gasteiger partial charge is 0.339 e. The SMILES string of the molecule is CCC(OC(=O)c1ccccc1-c1nc2ccccc2s1)C(=O)Nc1nc(-c2ccc(Cl)cc2Cl)cs1. The van der Waals surface area contributed by atoms with E-state index in [-0.39, 0.29) is 0 Å². The highest BCUT2D eigenvalue weighted by atomic mass is 35.5. The second-order valence-electron chi connectivity index (χ2n) is 7.99. The van der Waals surface area contributed by atoms with Crippen molar-refractivity contribution in [3.05, 3.63) is 87.7 Å². The van der Waals surface area contributed by atoms with Gasteiger partial charge in [-0.1, -0.05) is 60.5 Å². The topological polar surface area (TPSA) is 81.2 Å². The van der Waals surface area contributed by atoms with E-state index in [1.807, 2.05) is 36.4 Å². The van der Waals surface area contributed by atoms with Crippen molar-refractivity contribution >= 4 is 73.1 Å². The first-order valence-corrected chi connectivity index (χ1v) is 13.8. The molecule has 10 heteroatoms. The van der Waals surface area contributed by atoms with Crippen molar-refractivity contribution in [3.63, 3.8) is 0 Å². The number of aromatic nitrogens is 2. The molecule has 0 saturated carbocycles. The van der Waals surface area contributed by atoms with E-state index in [1.54, 1.807) is 42.6 Å². The highest BCUT2D eigenvalue weighted by Gasteiger charge is 2.25. The van der Waals surface area contributed by atoms with Crippen molar-refractivity contribution in [2.24, 2.45) is 0 Å². The molecular weight excluding hydrogens is 549 g/mol. The third kappa shape index (κ3) is 5.52. The number of esters is 1. The maximum Gasteiger partial charge on any atom is 0.339 e. The second-order valence-corrected chi connectivity index (χ2v) is 10.7. The lowest BCUT2D eigenvalue weighted by Gasteiger charge is -2.16. The maximum absolute atomic E-state index is 13.2. The van der Waals surface area contributed by atoms with E-state index in [4.69, 9.17) is 27.9 Å². The van der Waals surface area contributed by atoms with Gasteiger partial charge in [0.25, 0.3) is 5.91 Å². The summed E-state index contributed by atoms with van der Waals surface area (Å²) in [4.78, 5) is 35.2. The fraction of sp³-hybridized carbons (Fsp3) is 0.111. The van der Waals surface area contributed by atoms with E-state index in [9.17, 15) is 9.59 Å². The van der Waals surface area contributed by atoms with Crippen LogP contribution in [0.3, 0.4) is 0 Å². The first-order chi connectivity index (χ1) is 17.9. The Morgan fingerprint density at radius 1 is 1.00 bits per heavy atom. The molecule has 2 heterocycles. The second kappa shape index (κ2) is 11.0. The summed E-state index contributed by atoms with van der Waals surface area (Å²) in [5.41, 5.74) is 3.18. The number of carbonyl (C=O) groups is 2. The van der Waals surface area contributed by atoms with Gasteiger partial charge >= 0.3 is 5.97 Å². The lowest BCUT2D eigenvalue weighted by molar-refractivity contribution is -0.124. The van der Waals surface area contributed by atoms with Crippen LogP contribution in [-0.4, -0.2) is 27.9 Å². The number of ether oxygens (including phenoxy) is 1. The number of para-hydroxylation sites is 1. The van der Waals surface area contributed by atoms with Gasteiger partial charge in [-0.3, -0.25) is 10.1 Å². The number of fused-ring (bicyclic) bond motifs is 1. The number of nitrogens with zero attached hydrogens (tertiary/aromatic N) is 2. The van der Waals surface area contributed by atoms with Gasteiger partial charge in [-0.15, -0.1) is 22.7 Å². The van der Waals surface area contributed by atoms with E-state index in [0.717, 1.165) is 10.2 Å². The Morgan fingerprint density at radius 2 is 1.78 bits per heavy atom. The minimum atomic E-state index is -0.998. The van der Waals surface area contributed by atoms with Crippen LogP contribution in [0.15, 0.2) is 72.1 Å². The molecule has 0 radical (unpaired) electrons. The largest absolute Gasteiger partial charge is 0.449 e. The number of thiazole rings is 2. The van der Waals surface area contributed by atoms with Gasteiger partial charge in [-0.25, -0.2) is 14.8 Å². The average molecular weight is 569 g/mol. The van der Waals surface area contributed by atoms with E-state index in [2.05, 4.69) is 15.3 Å². The van der Waals surface area contributed by atoms with Gasteiger partial charge in [0, 0.05) is 21.5 Å². The summed E-state index contributed by atoms with van der Waals surface area (Å²) in [7, 11) is 0. The molecule has 5 aromatic rings. The average Bonchev–Trinajstić information content (AvgIpc) is 3.54. The molecule has 0 aliphatic heterocycles. The zero-order valence-corrected chi connectivity index (χ0v) is 22.5. The van der Waals surface area contributed by atoms with Crippen LogP contribution in [0.1, 0.15) is 23.7 Å². The molecule has 0 aliphatic rings. The zero-order valence-electron chi connectivity index (χ0n) is 19.4. The predicted molar refractivity (Wildman–Crippen MR) is 151 cm³/mol. The van der Waals surface area contributed by atoms with Crippen LogP contribution in [0.4, 0.5) is 5.13 Å². The van der Waals surface area contributed by atoms with Gasteiger partial charge in [0.2, 0.25) is 0 Å². The van der Waals surface area contributed by atoms with Crippen LogP contribution in [-0.2, 0) is 9.53 Å². The fourth-order valence-corrected chi connectivity index (χ4v) is 5.91. The summed E-state index contributed by atoms with van der Waals surface area (Å²) < 4.78 is 6.67. The first kappa shape index (κ1) is 25.4. The molecule has 1 amide bonds. The molecule has 3 aromatic carbocycles. The highest BCUT2D eigenvalue weighted by Crippen LogP contribution is 2.34. The normalized spacial score (nSPS) is 11.9. The van der Waals surface area contributed by atoms with Crippen molar-refractivity contribution in [2.45, 2.75) is 19.4 Å². The minimum Gasteiger partial charge on any atom is -0.449 e. The highest BCUT2D eigenvalue weighted by molar-refractivity contribution is 7.21. The van der Waals surface area contributed by atoms with Crippen LogP contribution < -0.4 is 5.32 Å². The fourth-order valence-electron chi connectivity index (χ4n) is 3.69. The number of hydrogen-bond donors (Lipinski definition) is 1. The molecule has 0 bridgehead atoms. The monoisotopic (exact) mass is 567 g/mol. The first-order valence-electron chi connectivity index (χ1n) is 11.3. The minimum absolute atomic E-state index is 0.294. The number of benzene rings is 3. The van der Waals surface area contributed by atoms with E-state index in [1.165, 1.54) is 22.7 Å². The van der Waals surface area contributed by atoms with E-state index >= 15 is 0 Å². The molecule has 6 nitrogen and oxygen atoms in total. The molecule has 1 N–H and O–H groups in total. The molecule has 1 atom stereocenters. The molecular formula is C27H19Cl2N3O3S2. The summed E-state index contributed by atoms with van der Waals surface area (Å²) in [6, 6.07) is 20.0. The van der Waals surface area contributed by atoms with Crippen molar-refractivity contribution in [1.29, 1.82) is 0 Å². The predicted octanol–water partition coefficient (Wildman–Crippen LogP) is 7.97. The summed E-state index contributed by atoms with van der Waals surface area (Å²) in [6.45, 7) is 1.78. The molecule has 2 aromatic heterocycles. The number of anilines is 1. The molecule has 1 unspecified atom stereocenters. The van der Waals surface area contributed by atoms with Crippen molar-refractivity contribution in [2.75, 3.05) is 5.32 Å². The number of nitrogens with one attached hydrogen (secondary N) is 1. The van der Waals surface area contributed by atoms with Crippen molar-refractivity contribution in [1.82, 2.24) is 9.97 Å². The summed E-state index contributed by atoms with van der Waals surface area (Å²) in [5, 5.41) is 6.60. The quantitative estimate of drug-likeness (QED) is 0.202. The van der Waals surface area contributed by atoms with Crippen molar-refractivity contribution in [3.8, 4) is 21.8 Å². The molecule has 5 rings (SSSR count). The van der Waals surface area contributed by atoms with Gasteiger partial charge in [0.05, 0.1) is 26.5 Å². The Morgan fingerprint density at radius 3 is 2.57 bits per heavy atom. The van der Waals surface area contributed by atoms with Crippen LogP contribution in [0, 0.1) is 0 Å². The molecule has 0 saturated heterocycles. The lowest BCUT2D eigenvalue weighted by atomic mass is 10.1. The van der Waals surface area contributed by atoms with Crippen LogP contribution in [0.2, 0.25) is 10.0 Å². The van der Waals surface area contributed by atoms with Crippen LogP contribution >= 0.6 is 45.9 Å². The lowest BCUT2D eigenvalue weighted by Crippen LogP contribution is -2.32. The van der Waals surface area contributed by atoms with Gasteiger partial charge in [-0.2, -0.15) is 0 Å². The number of hydrogen-bond acceptors (Lipinski definition) is 7. The summed E-state index contributed by atoms with van der Waals surface area (Å²) in [6.07, 6.45) is -0.704. The summed E-state index contributed by atoms with van der Waals surface area (Å²) >= 11 is 15.0. The number of amides is 1. The Kier molecular flexibility index (Phi) is 7.53. The standard InChI is InChI=1S/C27H19Cl2N3O3S2/c1-2-22(24(33)32-27-31-21(14-36-27)18-12-11-15(28)13-19(18)29)35-26(34)17-8-4-3-7-16(17)25-30-20-9-5-6-10-23(20)37-25/h3-14,22H,2H2,1H3,(H,31,32,33). The zero-order chi connectivity index (χ0) is 25.9. The number of carbonyl (C=O) groups excluding carboxylic acids is 2. The maximum atomic E-state index is 13.2. The molecule has 0 aliphatic carbocycles. The third-order valence-corrected chi connectivity index (χ3v) is 7.90. The van der Waals surface area contributed by atoms with Gasteiger partial charge < -0.3 is 4.74 Å². The van der Waals surface area contributed by atoms with E-state index < -0.39 is 18.0 Å².